The molecule has 0 aliphatic heterocycles. The van der Waals surface area contributed by atoms with Crippen LogP contribution in [-0.4, -0.2) is 29.2 Å². The number of carbonyl (C=O) groups excluding carboxylic acids is 1. The Morgan fingerprint density at radius 2 is 2.00 bits per heavy atom. The zero-order chi connectivity index (χ0) is 20.2. The van der Waals surface area contributed by atoms with Crippen molar-refractivity contribution in [3.8, 4) is 5.75 Å². The van der Waals surface area contributed by atoms with Crippen molar-refractivity contribution in [3.05, 3.63) is 40.8 Å². The number of anilines is 1. The second-order valence-electron chi connectivity index (χ2n) is 5.59. The van der Waals surface area contributed by atoms with Crippen molar-refractivity contribution >= 4 is 45.2 Å². The molecular weight excluding hydrogens is 417 g/mol. The highest BCUT2D eigenvalue weighted by Gasteiger charge is 2.23. The van der Waals surface area contributed by atoms with Crippen LogP contribution in [0.3, 0.4) is 0 Å². The Hall–Kier alpha value is -2.30. The van der Waals surface area contributed by atoms with Gasteiger partial charge in [0.05, 0.1) is 5.54 Å². The van der Waals surface area contributed by atoms with E-state index in [0.29, 0.717) is 5.82 Å². The first kappa shape index (κ1) is 21.0. The molecule has 2 N–H and O–H groups in total. The standard InChI is InChI=1S/C15H17Cl2N5O4S/c1-9(2)13-18-14(20-22(13)3)19-15(23)21-27(24,25)11-7-5-4-6-10(11)26-12(17)8-16/h4-9H,1-3H3,(H2,19,20,21,23)/b12-8+. The lowest BCUT2D eigenvalue weighted by Crippen LogP contribution is -2.34. The molecular formula is C15H17Cl2N5O4S. The summed E-state index contributed by atoms with van der Waals surface area (Å²) in [5, 5.41) is 6.07. The van der Waals surface area contributed by atoms with Crippen molar-refractivity contribution in [3.63, 3.8) is 0 Å². The Labute approximate surface area is 166 Å². The number of amides is 2. The predicted molar refractivity (Wildman–Crippen MR) is 101 cm³/mol. The number of para-hydroxylation sites is 1. The minimum atomic E-state index is -4.26. The molecule has 9 nitrogen and oxygen atoms in total. The largest absolute Gasteiger partial charge is 0.443 e. The topological polar surface area (TPSA) is 115 Å². The van der Waals surface area contributed by atoms with Crippen LogP contribution in [0.25, 0.3) is 0 Å². The number of halogens is 2. The molecule has 0 bridgehead atoms. The lowest BCUT2D eigenvalue weighted by Gasteiger charge is -2.11. The number of nitrogens with zero attached hydrogens (tertiary/aromatic N) is 3. The van der Waals surface area contributed by atoms with Gasteiger partial charge in [-0.2, -0.15) is 4.98 Å². The van der Waals surface area contributed by atoms with E-state index in [0.717, 1.165) is 5.54 Å². The highest BCUT2D eigenvalue weighted by Crippen LogP contribution is 2.26. The molecule has 0 radical (unpaired) electrons. The second-order valence-corrected chi connectivity index (χ2v) is 7.84. The van der Waals surface area contributed by atoms with Crippen molar-refractivity contribution in [2.24, 2.45) is 7.05 Å². The van der Waals surface area contributed by atoms with Crippen LogP contribution in [0.2, 0.25) is 0 Å². The van der Waals surface area contributed by atoms with Crippen molar-refractivity contribution in [2.75, 3.05) is 5.32 Å². The maximum atomic E-state index is 12.5. The van der Waals surface area contributed by atoms with Crippen molar-refractivity contribution in [2.45, 2.75) is 24.7 Å². The molecule has 0 saturated heterocycles. The molecule has 12 heteroatoms. The number of benzene rings is 1. The zero-order valence-electron chi connectivity index (χ0n) is 14.6. The van der Waals surface area contributed by atoms with Gasteiger partial charge < -0.3 is 4.74 Å². The number of rotatable bonds is 6. The molecule has 2 rings (SSSR count). The van der Waals surface area contributed by atoms with Crippen molar-refractivity contribution in [1.29, 1.82) is 0 Å². The number of urea groups is 1. The van der Waals surface area contributed by atoms with Gasteiger partial charge >= 0.3 is 6.03 Å². The first-order chi connectivity index (χ1) is 12.6. The van der Waals surface area contributed by atoms with Crippen molar-refractivity contribution < 1.29 is 17.9 Å². The Bertz CT molecular complexity index is 972. The molecule has 146 valence electrons. The first-order valence-electron chi connectivity index (χ1n) is 7.61. The van der Waals surface area contributed by atoms with Crippen molar-refractivity contribution in [1.82, 2.24) is 19.5 Å². The Morgan fingerprint density at radius 3 is 2.59 bits per heavy atom. The normalized spacial score (nSPS) is 12.1. The molecule has 2 aromatic rings. The summed E-state index contributed by atoms with van der Waals surface area (Å²) in [6, 6.07) is 4.60. The van der Waals surface area contributed by atoms with E-state index >= 15 is 0 Å². The second kappa shape index (κ2) is 8.59. The lowest BCUT2D eigenvalue weighted by molar-refractivity contribution is 0.256. The zero-order valence-corrected chi connectivity index (χ0v) is 16.9. The predicted octanol–water partition coefficient (Wildman–Crippen LogP) is 3.10. The number of hydrogen-bond acceptors (Lipinski definition) is 6. The molecule has 0 saturated carbocycles. The van der Waals surface area contributed by atoms with E-state index in [2.05, 4.69) is 15.4 Å². The van der Waals surface area contributed by atoms with Crippen LogP contribution >= 0.6 is 23.2 Å². The molecule has 0 aliphatic rings. The molecule has 1 heterocycles. The van der Waals surface area contributed by atoms with E-state index in [-0.39, 0.29) is 27.7 Å². The highest BCUT2D eigenvalue weighted by atomic mass is 35.5. The monoisotopic (exact) mass is 433 g/mol. The van der Waals surface area contributed by atoms with Gasteiger partial charge in [0, 0.05) is 13.0 Å². The molecule has 1 aromatic heterocycles. The summed E-state index contributed by atoms with van der Waals surface area (Å²) < 4.78 is 33.5. The third-order valence-electron chi connectivity index (χ3n) is 3.20. The number of ether oxygens (including phenoxy) is 1. The van der Waals surface area contributed by atoms with Crippen LogP contribution in [0, 0.1) is 0 Å². The molecule has 1 aromatic carbocycles. The van der Waals surface area contributed by atoms with Gasteiger partial charge in [0.1, 0.15) is 16.5 Å². The Kier molecular flexibility index (Phi) is 6.68. The van der Waals surface area contributed by atoms with E-state index in [9.17, 15) is 13.2 Å². The minimum Gasteiger partial charge on any atom is -0.443 e. The molecule has 2 amide bonds. The maximum Gasteiger partial charge on any atom is 0.335 e. The van der Waals surface area contributed by atoms with Gasteiger partial charge in [0.25, 0.3) is 10.0 Å². The van der Waals surface area contributed by atoms with Gasteiger partial charge in [-0.15, -0.1) is 5.10 Å². The molecule has 0 aliphatic carbocycles. The van der Waals surface area contributed by atoms with E-state index < -0.39 is 16.1 Å². The summed E-state index contributed by atoms with van der Waals surface area (Å²) in [5.41, 5.74) is 0.935. The summed E-state index contributed by atoms with van der Waals surface area (Å²) in [6.45, 7) is 3.82. The molecule has 27 heavy (non-hydrogen) atoms. The fraction of sp³-hybridized carbons (Fsp3) is 0.267. The van der Waals surface area contributed by atoms with Crippen LogP contribution in [0.15, 0.2) is 39.9 Å². The molecule has 0 atom stereocenters. The maximum absolute atomic E-state index is 12.5. The quantitative estimate of drug-likeness (QED) is 0.676. The lowest BCUT2D eigenvalue weighted by atomic mass is 10.2. The van der Waals surface area contributed by atoms with E-state index in [1.54, 1.807) is 7.05 Å². The van der Waals surface area contributed by atoms with Crippen LogP contribution in [0.5, 0.6) is 5.75 Å². The van der Waals surface area contributed by atoms with Crippen LogP contribution in [-0.2, 0) is 17.1 Å². The van der Waals surface area contributed by atoms with E-state index in [1.165, 1.54) is 28.9 Å². The number of carbonyl (C=O) groups is 1. The number of sulfonamides is 1. The fourth-order valence-electron chi connectivity index (χ4n) is 2.14. The molecule has 0 fully saturated rings. The number of aryl methyl sites for hydroxylation is 1. The summed E-state index contributed by atoms with van der Waals surface area (Å²) in [7, 11) is -2.59. The van der Waals surface area contributed by atoms with Gasteiger partial charge in [-0.3, -0.25) is 10.00 Å². The minimum absolute atomic E-state index is 0.0217. The number of nitrogens with one attached hydrogen (secondary N) is 2. The smallest absolute Gasteiger partial charge is 0.335 e. The molecule has 0 spiro atoms. The van der Waals surface area contributed by atoms with Gasteiger partial charge in [-0.25, -0.2) is 17.9 Å². The SMILES string of the molecule is CC(C)c1nc(NC(=O)NS(=O)(=O)c2ccccc2O/C(Cl)=C/Cl)nn1C. The third kappa shape index (κ3) is 5.34. The Balaban J connectivity index is 2.19. The van der Waals surface area contributed by atoms with E-state index in [4.69, 9.17) is 27.9 Å². The van der Waals surface area contributed by atoms with Crippen LogP contribution in [0.1, 0.15) is 25.6 Å². The first-order valence-corrected chi connectivity index (χ1v) is 9.91. The van der Waals surface area contributed by atoms with Gasteiger partial charge in [0.15, 0.2) is 0 Å². The van der Waals surface area contributed by atoms with Gasteiger partial charge in [0.2, 0.25) is 11.2 Å². The summed E-state index contributed by atoms with van der Waals surface area (Å²) in [6.07, 6.45) is 0. The number of hydrogen-bond donors (Lipinski definition) is 2. The summed E-state index contributed by atoms with van der Waals surface area (Å²) in [4.78, 5) is 15.9. The van der Waals surface area contributed by atoms with Gasteiger partial charge in [-0.05, 0) is 23.7 Å². The summed E-state index contributed by atoms with van der Waals surface area (Å²) >= 11 is 11.1. The van der Waals surface area contributed by atoms with Crippen LogP contribution in [0.4, 0.5) is 10.7 Å². The third-order valence-corrected chi connectivity index (χ3v) is 5.06. The molecule has 0 unspecified atom stereocenters. The fourth-order valence-corrected chi connectivity index (χ4v) is 3.31. The Morgan fingerprint density at radius 1 is 1.33 bits per heavy atom. The summed E-state index contributed by atoms with van der Waals surface area (Å²) in [5.74, 6) is 0.590. The van der Waals surface area contributed by atoms with E-state index in [1.807, 2.05) is 18.6 Å². The van der Waals surface area contributed by atoms with Crippen LogP contribution < -0.4 is 14.8 Å². The number of aromatic nitrogens is 3. The highest BCUT2D eigenvalue weighted by molar-refractivity contribution is 7.90. The van der Waals surface area contributed by atoms with Gasteiger partial charge in [-0.1, -0.05) is 37.6 Å². The average Bonchev–Trinajstić information content (AvgIpc) is 2.94. The average molecular weight is 434 g/mol.